The maximum atomic E-state index is 12.0. The van der Waals surface area contributed by atoms with Gasteiger partial charge >= 0.3 is 0 Å². The molecule has 26 heavy (non-hydrogen) atoms. The number of benzene rings is 1. The molecular weight excluding hydrogens is 414 g/mol. The van der Waals surface area contributed by atoms with Gasteiger partial charge in [-0.3, -0.25) is 9.59 Å². The van der Waals surface area contributed by atoms with Gasteiger partial charge in [-0.1, -0.05) is 48.8 Å². The van der Waals surface area contributed by atoms with Crippen LogP contribution in [0.25, 0.3) is 0 Å². The predicted octanol–water partition coefficient (Wildman–Crippen LogP) is 4.38. The Balaban J connectivity index is 1.73. The SMILES string of the molecule is CC(C)(C)C(=O)NCCCC(=O)Nc1ncc(Cc2ccc(Br)cc2)s1. The van der Waals surface area contributed by atoms with E-state index < -0.39 is 5.41 Å². The van der Waals surface area contributed by atoms with Gasteiger partial charge in [-0.25, -0.2) is 4.98 Å². The zero-order chi connectivity index (χ0) is 19.2. The smallest absolute Gasteiger partial charge is 0.226 e. The third-order valence-electron chi connectivity index (χ3n) is 3.64. The number of amides is 2. The second kappa shape index (κ2) is 9.28. The third-order valence-corrected chi connectivity index (χ3v) is 5.08. The summed E-state index contributed by atoms with van der Waals surface area (Å²) < 4.78 is 1.05. The van der Waals surface area contributed by atoms with Crippen molar-refractivity contribution in [3.8, 4) is 0 Å². The molecule has 0 aliphatic heterocycles. The first-order chi connectivity index (χ1) is 12.2. The average Bonchev–Trinajstić information content (AvgIpc) is 2.99. The summed E-state index contributed by atoms with van der Waals surface area (Å²) in [5.41, 5.74) is 0.790. The lowest BCUT2D eigenvalue weighted by molar-refractivity contribution is -0.128. The lowest BCUT2D eigenvalue weighted by Crippen LogP contribution is -2.35. The van der Waals surface area contributed by atoms with Gasteiger partial charge in [0, 0.05) is 40.3 Å². The van der Waals surface area contributed by atoms with Crippen LogP contribution in [0.15, 0.2) is 34.9 Å². The fourth-order valence-electron chi connectivity index (χ4n) is 2.15. The van der Waals surface area contributed by atoms with E-state index in [-0.39, 0.29) is 11.8 Å². The normalized spacial score (nSPS) is 11.2. The number of carbonyl (C=O) groups excluding carboxylic acids is 2. The Morgan fingerprint density at radius 1 is 1.19 bits per heavy atom. The number of aromatic nitrogens is 1. The van der Waals surface area contributed by atoms with Crippen molar-refractivity contribution in [1.29, 1.82) is 0 Å². The number of nitrogens with zero attached hydrogens (tertiary/aromatic N) is 1. The van der Waals surface area contributed by atoms with E-state index in [0.29, 0.717) is 24.5 Å². The third kappa shape index (κ3) is 6.88. The van der Waals surface area contributed by atoms with Gasteiger partial charge in [-0.2, -0.15) is 0 Å². The first kappa shape index (κ1) is 20.6. The van der Waals surface area contributed by atoms with E-state index in [2.05, 4.69) is 43.7 Å². The van der Waals surface area contributed by atoms with Gasteiger partial charge < -0.3 is 10.6 Å². The van der Waals surface area contributed by atoms with Crippen LogP contribution in [0.1, 0.15) is 44.1 Å². The quantitative estimate of drug-likeness (QED) is 0.631. The predicted molar refractivity (Wildman–Crippen MR) is 109 cm³/mol. The van der Waals surface area contributed by atoms with Gasteiger partial charge in [0.05, 0.1) is 0 Å². The molecule has 2 rings (SSSR count). The molecule has 0 fully saturated rings. The number of hydrogen-bond donors (Lipinski definition) is 2. The fourth-order valence-corrected chi connectivity index (χ4v) is 3.28. The molecule has 2 aromatic rings. The molecule has 7 heteroatoms. The molecule has 0 saturated heterocycles. The summed E-state index contributed by atoms with van der Waals surface area (Å²) in [5.74, 6) is -0.0880. The zero-order valence-corrected chi connectivity index (χ0v) is 17.7. The molecule has 0 radical (unpaired) electrons. The van der Waals surface area contributed by atoms with Crippen LogP contribution < -0.4 is 10.6 Å². The molecule has 140 valence electrons. The summed E-state index contributed by atoms with van der Waals surface area (Å²) in [5, 5.41) is 6.28. The van der Waals surface area contributed by atoms with Crippen molar-refractivity contribution in [2.75, 3.05) is 11.9 Å². The molecule has 0 saturated carbocycles. The maximum Gasteiger partial charge on any atom is 0.226 e. The van der Waals surface area contributed by atoms with Crippen molar-refractivity contribution >= 4 is 44.2 Å². The number of rotatable bonds is 7. The molecular formula is C19H24BrN3O2S. The van der Waals surface area contributed by atoms with E-state index >= 15 is 0 Å². The van der Waals surface area contributed by atoms with Crippen LogP contribution in [-0.2, 0) is 16.0 Å². The number of halogens is 1. The molecule has 0 unspecified atom stereocenters. The molecule has 1 aromatic carbocycles. The molecule has 0 aliphatic rings. The minimum absolute atomic E-state index is 0.00425. The molecule has 0 spiro atoms. The first-order valence-electron chi connectivity index (χ1n) is 8.51. The van der Waals surface area contributed by atoms with Crippen LogP contribution in [0, 0.1) is 5.41 Å². The highest BCUT2D eigenvalue weighted by Gasteiger charge is 2.20. The Kier molecular flexibility index (Phi) is 7.34. The van der Waals surface area contributed by atoms with Gasteiger partial charge in [0.15, 0.2) is 5.13 Å². The van der Waals surface area contributed by atoms with Gasteiger partial charge in [0.25, 0.3) is 0 Å². The molecule has 2 N–H and O–H groups in total. The Morgan fingerprint density at radius 3 is 2.54 bits per heavy atom. The minimum Gasteiger partial charge on any atom is -0.356 e. The van der Waals surface area contributed by atoms with Crippen LogP contribution >= 0.6 is 27.3 Å². The topological polar surface area (TPSA) is 71.1 Å². The Labute approximate surface area is 166 Å². The molecule has 2 amide bonds. The number of anilines is 1. The lowest BCUT2D eigenvalue weighted by Gasteiger charge is -2.17. The van der Waals surface area contributed by atoms with Crippen molar-refractivity contribution in [3.63, 3.8) is 0 Å². The van der Waals surface area contributed by atoms with Crippen molar-refractivity contribution in [2.24, 2.45) is 5.41 Å². The van der Waals surface area contributed by atoms with Gasteiger partial charge in [-0.05, 0) is 24.1 Å². The number of nitrogens with one attached hydrogen (secondary N) is 2. The highest BCUT2D eigenvalue weighted by atomic mass is 79.9. The highest BCUT2D eigenvalue weighted by Crippen LogP contribution is 2.22. The van der Waals surface area contributed by atoms with Crippen molar-refractivity contribution in [2.45, 2.75) is 40.0 Å². The Morgan fingerprint density at radius 2 is 1.88 bits per heavy atom. The van der Waals surface area contributed by atoms with Crippen LogP contribution in [-0.4, -0.2) is 23.3 Å². The second-order valence-corrected chi connectivity index (χ2v) is 9.12. The highest BCUT2D eigenvalue weighted by molar-refractivity contribution is 9.10. The molecule has 5 nitrogen and oxygen atoms in total. The van der Waals surface area contributed by atoms with Crippen LogP contribution in [0.2, 0.25) is 0 Å². The molecule has 0 aliphatic carbocycles. The molecule has 1 aromatic heterocycles. The van der Waals surface area contributed by atoms with Gasteiger partial charge in [0.2, 0.25) is 11.8 Å². The van der Waals surface area contributed by atoms with Crippen molar-refractivity contribution < 1.29 is 9.59 Å². The van der Waals surface area contributed by atoms with E-state index in [9.17, 15) is 9.59 Å². The van der Waals surface area contributed by atoms with E-state index in [1.807, 2.05) is 32.9 Å². The molecule has 0 atom stereocenters. The van der Waals surface area contributed by atoms with E-state index in [4.69, 9.17) is 0 Å². The van der Waals surface area contributed by atoms with Gasteiger partial charge in [0.1, 0.15) is 0 Å². The summed E-state index contributed by atoms with van der Waals surface area (Å²) in [7, 11) is 0. The standard InChI is InChI=1S/C19H24BrN3O2S/c1-19(2,3)17(25)21-10-4-5-16(24)23-18-22-12-15(26-18)11-13-6-8-14(20)9-7-13/h6-9,12H,4-5,10-11H2,1-3H3,(H,21,25)(H,22,23,24). The largest absolute Gasteiger partial charge is 0.356 e. The Bertz CT molecular complexity index is 751. The van der Waals surface area contributed by atoms with Crippen molar-refractivity contribution in [1.82, 2.24) is 10.3 Å². The summed E-state index contributed by atoms with van der Waals surface area (Å²) in [6, 6.07) is 8.15. The first-order valence-corrected chi connectivity index (χ1v) is 10.1. The Hall–Kier alpha value is -1.73. The summed E-state index contributed by atoms with van der Waals surface area (Å²) in [6.07, 6.45) is 3.54. The van der Waals surface area contributed by atoms with E-state index in [1.54, 1.807) is 6.20 Å². The lowest BCUT2D eigenvalue weighted by atomic mass is 9.96. The maximum absolute atomic E-state index is 12.0. The monoisotopic (exact) mass is 437 g/mol. The molecule has 0 bridgehead atoms. The fraction of sp³-hybridized carbons (Fsp3) is 0.421. The summed E-state index contributed by atoms with van der Waals surface area (Å²) in [4.78, 5) is 29.1. The second-order valence-electron chi connectivity index (χ2n) is 7.09. The number of thiazole rings is 1. The summed E-state index contributed by atoms with van der Waals surface area (Å²) >= 11 is 4.91. The van der Waals surface area contributed by atoms with Crippen LogP contribution in [0.5, 0.6) is 0 Å². The van der Waals surface area contributed by atoms with E-state index in [0.717, 1.165) is 15.8 Å². The minimum atomic E-state index is -0.408. The van der Waals surface area contributed by atoms with Crippen LogP contribution in [0.3, 0.4) is 0 Å². The number of carbonyl (C=O) groups is 2. The molecule has 1 heterocycles. The average molecular weight is 438 g/mol. The number of hydrogen-bond acceptors (Lipinski definition) is 4. The summed E-state index contributed by atoms with van der Waals surface area (Å²) in [6.45, 7) is 6.09. The van der Waals surface area contributed by atoms with E-state index in [1.165, 1.54) is 16.9 Å². The van der Waals surface area contributed by atoms with Crippen molar-refractivity contribution in [3.05, 3.63) is 45.4 Å². The van der Waals surface area contributed by atoms with Crippen LogP contribution in [0.4, 0.5) is 5.13 Å². The van der Waals surface area contributed by atoms with Gasteiger partial charge in [-0.15, -0.1) is 11.3 Å². The zero-order valence-electron chi connectivity index (χ0n) is 15.3.